The maximum atomic E-state index is 3.63. The first kappa shape index (κ1) is 14.1. The molecule has 0 bridgehead atoms. The monoisotopic (exact) mass is 271 g/mol. The fraction of sp³-hybridized carbons (Fsp3) is 0.684. The van der Waals surface area contributed by atoms with Crippen molar-refractivity contribution in [3.63, 3.8) is 0 Å². The van der Waals surface area contributed by atoms with Crippen molar-refractivity contribution in [1.82, 2.24) is 5.32 Å². The lowest BCUT2D eigenvalue weighted by Gasteiger charge is -2.30. The van der Waals surface area contributed by atoms with Gasteiger partial charge in [0.15, 0.2) is 0 Å². The molecule has 1 heteroatoms. The average Bonchev–Trinajstić information content (AvgIpc) is 2.47. The van der Waals surface area contributed by atoms with Crippen molar-refractivity contribution in [3.05, 3.63) is 34.9 Å². The van der Waals surface area contributed by atoms with Gasteiger partial charge in [0, 0.05) is 13.1 Å². The van der Waals surface area contributed by atoms with Crippen LogP contribution in [0.1, 0.15) is 80.9 Å². The van der Waals surface area contributed by atoms with Gasteiger partial charge in [-0.05, 0) is 53.7 Å². The normalized spacial score (nSPS) is 23.9. The van der Waals surface area contributed by atoms with Gasteiger partial charge in [-0.25, -0.2) is 0 Å². The third kappa shape index (κ3) is 3.09. The number of rotatable bonds is 3. The van der Waals surface area contributed by atoms with E-state index < -0.39 is 0 Å². The summed E-state index contributed by atoms with van der Waals surface area (Å²) >= 11 is 0. The number of nitrogens with one attached hydrogen (secondary N) is 1. The maximum Gasteiger partial charge on any atom is 0.0208 e. The van der Waals surface area contributed by atoms with Crippen LogP contribution in [0, 0.1) is 5.92 Å². The van der Waals surface area contributed by atoms with Crippen LogP contribution in [0.25, 0.3) is 0 Å². The zero-order chi connectivity index (χ0) is 13.9. The molecule has 1 aromatic rings. The summed E-state index contributed by atoms with van der Waals surface area (Å²) in [6.07, 6.45) is 8.41. The summed E-state index contributed by atoms with van der Waals surface area (Å²) in [7, 11) is 0. The first-order valence-corrected chi connectivity index (χ1v) is 8.57. The van der Waals surface area contributed by atoms with Gasteiger partial charge in [0.2, 0.25) is 0 Å². The van der Waals surface area contributed by atoms with Crippen LogP contribution in [0.3, 0.4) is 0 Å². The van der Waals surface area contributed by atoms with Gasteiger partial charge < -0.3 is 5.32 Å². The largest absolute Gasteiger partial charge is 0.312 e. The minimum atomic E-state index is 0.721. The molecule has 20 heavy (non-hydrogen) atoms. The molecule has 2 aliphatic rings. The first-order chi connectivity index (χ1) is 9.74. The molecule has 1 aromatic carbocycles. The second-order valence-electron chi connectivity index (χ2n) is 7.25. The first-order valence-electron chi connectivity index (χ1n) is 8.57. The Morgan fingerprint density at radius 2 is 1.95 bits per heavy atom. The molecule has 1 aliphatic heterocycles. The third-order valence-electron chi connectivity index (χ3n) is 5.15. The van der Waals surface area contributed by atoms with Gasteiger partial charge in [-0.15, -0.1) is 0 Å². The Labute approximate surface area is 124 Å². The topological polar surface area (TPSA) is 12.0 Å². The Kier molecular flexibility index (Phi) is 4.45. The Bertz CT molecular complexity index is 443. The molecule has 1 aliphatic carbocycles. The fourth-order valence-electron chi connectivity index (χ4n) is 4.14. The van der Waals surface area contributed by atoms with Gasteiger partial charge in [0.1, 0.15) is 0 Å². The van der Waals surface area contributed by atoms with E-state index in [2.05, 4.69) is 37.4 Å². The summed E-state index contributed by atoms with van der Waals surface area (Å²) in [5, 5.41) is 3.63. The Balaban J connectivity index is 1.81. The lowest BCUT2D eigenvalue weighted by atomic mass is 9.80. The van der Waals surface area contributed by atoms with E-state index in [0.29, 0.717) is 0 Å². The van der Waals surface area contributed by atoms with E-state index in [-0.39, 0.29) is 0 Å². The lowest BCUT2D eigenvalue weighted by molar-refractivity contribution is 0.437. The smallest absolute Gasteiger partial charge is 0.0208 e. The highest BCUT2D eigenvalue weighted by Gasteiger charge is 2.23. The molecule has 1 nitrogen and oxygen atoms in total. The van der Waals surface area contributed by atoms with Gasteiger partial charge >= 0.3 is 0 Å². The van der Waals surface area contributed by atoms with E-state index in [9.17, 15) is 0 Å². The van der Waals surface area contributed by atoms with Crippen molar-refractivity contribution in [2.45, 2.75) is 70.8 Å². The zero-order valence-corrected chi connectivity index (χ0v) is 13.1. The fourth-order valence-corrected chi connectivity index (χ4v) is 4.14. The molecule has 1 unspecified atom stereocenters. The van der Waals surface area contributed by atoms with E-state index in [4.69, 9.17) is 0 Å². The van der Waals surface area contributed by atoms with Crippen molar-refractivity contribution in [3.8, 4) is 0 Å². The summed E-state index contributed by atoms with van der Waals surface area (Å²) in [5.41, 5.74) is 4.80. The highest BCUT2D eigenvalue weighted by molar-refractivity contribution is 5.38. The highest BCUT2D eigenvalue weighted by atomic mass is 14.9. The molecule has 1 saturated carbocycles. The second-order valence-corrected chi connectivity index (χ2v) is 7.25. The van der Waals surface area contributed by atoms with E-state index in [1.807, 2.05) is 0 Å². The van der Waals surface area contributed by atoms with Gasteiger partial charge in [-0.2, -0.15) is 0 Å². The molecule has 110 valence electrons. The van der Waals surface area contributed by atoms with Crippen molar-refractivity contribution < 1.29 is 0 Å². The minimum Gasteiger partial charge on any atom is -0.312 e. The average molecular weight is 271 g/mol. The van der Waals surface area contributed by atoms with Crippen LogP contribution < -0.4 is 5.32 Å². The van der Waals surface area contributed by atoms with Gasteiger partial charge in [0.05, 0.1) is 0 Å². The minimum absolute atomic E-state index is 0.721. The maximum absolute atomic E-state index is 3.63. The van der Waals surface area contributed by atoms with E-state index in [0.717, 1.165) is 30.8 Å². The molecule has 1 N–H and O–H groups in total. The molecule has 0 amide bonds. The predicted molar refractivity (Wildman–Crippen MR) is 86.2 cm³/mol. The van der Waals surface area contributed by atoms with Crippen LogP contribution in [-0.4, -0.2) is 6.54 Å². The van der Waals surface area contributed by atoms with E-state index >= 15 is 0 Å². The van der Waals surface area contributed by atoms with Gasteiger partial charge in [0.25, 0.3) is 0 Å². The molecule has 1 heterocycles. The van der Waals surface area contributed by atoms with Crippen molar-refractivity contribution in [2.75, 3.05) is 6.54 Å². The summed E-state index contributed by atoms with van der Waals surface area (Å²) in [6, 6.07) is 7.41. The number of hydrogen-bond acceptors (Lipinski definition) is 1. The van der Waals surface area contributed by atoms with Gasteiger partial charge in [-0.3, -0.25) is 0 Å². The van der Waals surface area contributed by atoms with Crippen molar-refractivity contribution >= 4 is 0 Å². The molecular formula is C19H29N. The Morgan fingerprint density at radius 3 is 2.70 bits per heavy atom. The molecule has 0 aromatic heterocycles. The molecule has 0 radical (unpaired) electrons. The summed E-state index contributed by atoms with van der Waals surface area (Å²) in [5.74, 6) is 2.34. The summed E-state index contributed by atoms with van der Waals surface area (Å²) in [6.45, 7) is 6.91. The molecule has 3 rings (SSSR count). The SMILES string of the molecule is CC(C)CC1CNCc2cc(C3CCCCC3)ccc21. The van der Waals surface area contributed by atoms with E-state index in [1.165, 1.54) is 38.5 Å². The van der Waals surface area contributed by atoms with Crippen LogP contribution in [0.4, 0.5) is 0 Å². The Hall–Kier alpha value is -0.820. The van der Waals surface area contributed by atoms with Crippen LogP contribution in [-0.2, 0) is 6.54 Å². The number of benzene rings is 1. The molecular weight excluding hydrogens is 242 g/mol. The summed E-state index contributed by atoms with van der Waals surface area (Å²) in [4.78, 5) is 0. The van der Waals surface area contributed by atoms with Crippen molar-refractivity contribution in [1.29, 1.82) is 0 Å². The molecule has 1 atom stereocenters. The second kappa shape index (κ2) is 6.30. The quantitative estimate of drug-likeness (QED) is 0.818. The van der Waals surface area contributed by atoms with E-state index in [1.54, 1.807) is 16.7 Å². The van der Waals surface area contributed by atoms with Crippen molar-refractivity contribution in [2.24, 2.45) is 5.92 Å². The lowest BCUT2D eigenvalue weighted by Crippen LogP contribution is -2.29. The Morgan fingerprint density at radius 1 is 1.15 bits per heavy atom. The van der Waals surface area contributed by atoms with Crippen LogP contribution >= 0.6 is 0 Å². The third-order valence-corrected chi connectivity index (χ3v) is 5.15. The highest BCUT2D eigenvalue weighted by Crippen LogP contribution is 2.36. The molecule has 0 spiro atoms. The predicted octanol–water partition coefficient (Wildman–Crippen LogP) is 4.97. The molecule has 0 saturated heterocycles. The summed E-state index contributed by atoms with van der Waals surface area (Å²) < 4.78 is 0. The molecule has 1 fully saturated rings. The van der Waals surface area contributed by atoms with Crippen LogP contribution in [0.5, 0.6) is 0 Å². The van der Waals surface area contributed by atoms with Crippen LogP contribution in [0.2, 0.25) is 0 Å². The van der Waals surface area contributed by atoms with Gasteiger partial charge in [-0.1, -0.05) is 51.3 Å². The standard InChI is InChI=1S/C19H29N/c1-14(2)10-17-12-20-13-18-11-16(8-9-19(17)18)15-6-4-3-5-7-15/h8-9,11,14-15,17,20H,3-7,10,12-13H2,1-2H3. The number of hydrogen-bond donors (Lipinski definition) is 1. The van der Waals surface area contributed by atoms with Crippen LogP contribution in [0.15, 0.2) is 18.2 Å². The zero-order valence-electron chi connectivity index (χ0n) is 13.1. The number of fused-ring (bicyclic) bond motifs is 1.